The Morgan fingerprint density at radius 2 is 1.11 bits per heavy atom. The Kier molecular flexibility index (Phi) is 8.14. The van der Waals surface area contributed by atoms with Crippen LogP contribution in [-0.2, 0) is 5.54 Å². The number of carboxylic acid groups (broad SMARTS) is 1. The third kappa shape index (κ3) is 6.05. The molecule has 0 aliphatic heterocycles. The average molecular weight is 624 g/mol. The van der Waals surface area contributed by atoms with Crippen LogP contribution in [0.1, 0.15) is 27.2 Å². The smallest absolute Gasteiger partial charge is 0.476 e. The number of hydrogen-bond acceptors (Lipinski definition) is 5. The minimum Gasteiger partial charge on any atom is -0.476 e. The zero-order valence-electron chi connectivity index (χ0n) is 23.4. The van der Waals surface area contributed by atoms with E-state index in [9.17, 15) is 23.1 Å². The fraction of sp³-hybridized carbons (Fsp3) is 0.0571. The predicted octanol–water partition coefficient (Wildman–Crippen LogP) is 8.53. The number of nitrogens with zero attached hydrogens (tertiary/aromatic N) is 3. The lowest BCUT2D eigenvalue weighted by Gasteiger charge is -2.36. The highest BCUT2D eigenvalue weighted by molar-refractivity contribution is 7.99. The number of carbonyl (C=O) groups is 1. The number of hydrogen-bond donors (Lipinski definition) is 1. The molecule has 1 aromatic heterocycles. The molecule has 0 aliphatic rings. The molecule has 0 radical (unpaired) electrons. The van der Waals surface area contributed by atoms with E-state index in [1.165, 1.54) is 28.9 Å². The number of carboxylic acids is 1. The third-order valence-electron chi connectivity index (χ3n) is 7.22. The minimum absolute atomic E-state index is 0.0825. The van der Waals surface area contributed by atoms with Crippen molar-refractivity contribution in [1.29, 1.82) is 0 Å². The number of benzene rings is 5. The molecule has 45 heavy (non-hydrogen) atoms. The Morgan fingerprint density at radius 1 is 0.667 bits per heavy atom. The highest BCUT2D eigenvalue weighted by Crippen LogP contribution is 2.43. The average Bonchev–Trinajstić information content (AvgIpc) is 3.47. The molecular formula is C35H24F3N3O3S. The van der Waals surface area contributed by atoms with E-state index in [0.717, 1.165) is 34.0 Å². The molecule has 0 saturated carbocycles. The van der Waals surface area contributed by atoms with Crippen molar-refractivity contribution < 1.29 is 27.8 Å². The van der Waals surface area contributed by atoms with Crippen molar-refractivity contribution in [3.8, 4) is 16.9 Å². The van der Waals surface area contributed by atoms with E-state index >= 15 is 0 Å². The molecule has 224 valence electrons. The number of rotatable bonds is 9. The fourth-order valence-electron chi connectivity index (χ4n) is 5.33. The topological polar surface area (TPSA) is 77.2 Å². The van der Waals surface area contributed by atoms with E-state index in [1.807, 2.05) is 91.0 Å². The van der Waals surface area contributed by atoms with Crippen molar-refractivity contribution in [2.45, 2.75) is 21.8 Å². The van der Waals surface area contributed by atoms with Crippen LogP contribution >= 0.6 is 11.8 Å². The van der Waals surface area contributed by atoms with Crippen LogP contribution in [0.5, 0.6) is 5.75 Å². The first kappa shape index (κ1) is 29.7. The summed E-state index contributed by atoms with van der Waals surface area (Å²) in [6, 6.07) is 41.6. The van der Waals surface area contributed by atoms with Crippen molar-refractivity contribution >= 4 is 17.7 Å². The van der Waals surface area contributed by atoms with Gasteiger partial charge in [-0.05, 0) is 52.1 Å². The van der Waals surface area contributed by atoms with Gasteiger partial charge in [0.1, 0.15) is 11.3 Å². The van der Waals surface area contributed by atoms with E-state index in [1.54, 1.807) is 24.3 Å². The molecule has 0 aliphatic carbocycles. The summed E-state index contributed by atoms with van der Waals surface area (Å²) in [7, 11) is 0. The minimum atomic E-state index is -4.76. The molecule has 5 aromatic carbocycles. The van der Waals surface area contributed by atoms with Crippen LogP contribution in [0.2, 0.25) is 0 Å². The predicted molar refractivity (Wildman–Crippen MR) is 164 cm³/mol. The quantitative estimate of drug-likeness (QED) is 0.163. The summed E-state index contributed by atoms with van der Waals surface area (Å²) >= 11 is 1.16. The Bertz CT molecular complexity index is 1800. The lowest BCUT2D eigenvalue weighted by atomic mass is 9.77. The lowest BCUT2D eigenvalue weighted by molar-refractivity contribution is -0.274. The van der Waals surface area contributed by atoms with Gasteiger partial charge in [0.2, 0.25) is 0 Å². The van der Waals surface area contributed by atoms with Crippen molar-refractivity contribution in [2.75, 3.05) is 0 Å². The van der Waals surface area contributed by atoms with Gasteiger partial charge in [-0.3, -0.25) is 0 Å². The van der Waals surface area contributed by atoms with Crippen LogP contribution in [0.15, 0.2) is 149 Å². The number of halogens is 3. The van der Waals surface area contributed by atoms with E-state index in [2.05, 4.69) is 15.0 Å². The number of ether oxygens (including phenoxy) is 1. The molecule has 6 nitrogen and oxygen atoms in total. The second-order valence-electron chi connectivity index (χ2n) is 9.97. The Hall–Kier alpha value is -5.35. The number of aromatic carboxylic acids is 1. The number of alkyl halides is 3. The van der Waals surface area contributed by atoms with Gasteiger partial charge in [-0.15, -0.1) is 18.3 Å². The molecule has 0 atom stereocenters. The molecular weight excluding hydrogens is 599 g/mol. The van der Waals surface area contributed by atoms with E-state index in [0.29, 0.717) is 10.5 Å². The lowest BCUT2D eigenvalue weighted by Crippen LogP contribution is -2.40. The van der Waals surface area contributed by atoms with Crippen LogP contribution in [-0.4, -0.2) is 32.4 Å². The molecule has 6 aromatic rings. The van der Waals surface area contributed by atoms with E-state index in [-0.39, 0.29) is 16.5 Å². The van der Waals surface area contributed by atoms with Gasteiger partial charge in [-0.25, -0.2) is 9.48 Å². The second-order valence-corrected chi connectivity index (χ2v) is 11.0. The molecule has 0 saturated heterocycles. The molecule has 0 fully saturated rings. The Balaban J connectivity index is 1.41. The molecule has 0 unspecified atom stereocenters. The van der Waals surface area contributed by atoms with Crippen molar-refractivity contribution in [3.05, 3.63) is 162 Å². The molecule has 0 amide bonds. The monoisotopic (exact) mass is 623 g/mol. The summed E-state index contributed by atoms with van der Waals surface area (Å²) < 4.78 is 43.0. The highest BCUT2D eigenvalue weighted by atomic mass is 32.2. The van der Waals surface area contributed by atoms with Gasteiger partial charge in [0.25, 0.3) is 0 Å². The summed E-state index contributed by atoms with van der Waals surface area (Å²) in [5.74, 6) is -1.49. The first-order valence-electron chi connectivity index (χ1n) is 13.8. The second kappa shape index (κ2) is 12.3. The number of aromatic nitrogens is 3. The van der Waals surface area contributed by atoms with Crippen LogP contribution in [0.3, 0.4) is 0 Å². The fourth-order valence-corrected chi connectivity index (χ4v) is 6.18. The van der Waals surface area contributed by atoms with Crippen LogP contribution in [0.25, 0.3) is 11.1 Å². The van der Waals surface area contributed by atoms with Crippen molar-refractivity contribution in [1.82, 2.24) is 15.0 Å². The maximum atomic E-state index is 13.0. The summed E-state index contributed by atoms with van der Waals surface area (Å²) in [5.41, 5.74) is 2.63. The first-order valence-corrected chi connectivity index (χ1v) is 14.6. The largest absolute Gasteiger partial charge is 0.573 e. The van der Waals surface area contributed by atoms with Crippen molar-refractivity contribution in [3.63, 3.8) is 0 Å². The maximum Gasteiger partial charge on any atom is 0.573 e. The molecule has 1 N–H and O–H groups in total. The molecule has 6 rings (SSSR count). The van der Waals surface area contributed by atoms with Gasteiger partial charge in [0.15, 0.2) is 10.7 Å². The van der Waals surface area contributed by atoms with Crippen molar-refractivity contribution in [2.24, 2.45) is 0 Å². The van der Waals surface area contributed by atoms with Gasteiger partial charge in [0, 0.05) is 4.90 Å². The van der Waals surface area contributed by atoms with E-state index in [4.69, 9.17) is 0 Å². The molecule has 10 heteroatoms. The zero-order valence-corrected chi connectivity index (χ0v) is 24.2. The third-order valence-corrected chi connectivity index (χ3v) is 8.20. The highest BCUT2D eigenvalue weighted by Gasteiger charge is 2.43. The first-order chi connectivity index (χ1) is 21.8. The summed E-state index contributed by atoms with van der Waals surface area (Å²) in [6.45, 7) is 0. The molecule has 1 heterocycles. The summed E-state index contributed by atoms with van der Waals surface area (Å²) in [5, 5.41) is 19.7. The van der Waals surface area contributed by atoms with Gasteiger partial charge < -0.3 is 9.84 Å². The SMILES string of the molecule is O=C(O)c1c(Sc2ccc(-c3ccc(OC(F)(F)F)cc3)cc2)nnn1C(c1ccccc1)(c1ccccc1)c1ccccc1. The normalized spacial score (nSPS) is 11.7. The summed E-state index contributed by atoms with van der Waals surface area (Å²) in [6.07, 6.45) is -4.76. The van der Waals surface area contributed by atoms with Gasteiger partial charge in [-0.1, -0.05) is 132 Å². The molecule has 0 spiro atoms. The van der Waals surface area contributed by atoms with Crippen LogP contribution < -0.4 is 4.74 Å². The van der Waals surface area contributed by atoms with Gasteiger partial charge in [0.05, 0.1) is 0 Å². The van der Waals surface area contributed by atoms with Gasteiger partial charge >= 0.3 is 12.3 Å². The standard InChI is InChI=1S/C35H24F3N3O3S/c36-35(37,38)44-29-20-16-24(17-21-29)25-18-22-30(23-19-25)45-32-31(33(42)43)41(40-39-32)34(26-10-4-1-5-11-26,27-12-6-2-7-13-27)28-14-8-3-9-15-28/h1-23H,(H,42,43). The zero-order chi connectivity index (χ0) is 31.4. The molecule has 0 bridgehead atoms. The van der Waals surface area contributed by atoms with Gasteiger partial charge in [-0.2, -0.15) is 0 Å². The Labute approximate surface area is 260 Å². The summed E-state index contributed by atoms with van der Waals surface area (Å²) in [4.78, 5) is 13.7. The van der Waals surface area contributed by atoms with E-state index < -0.39 is 17.9 Å². The Morgan fingerprint density at radius 3 is 1.53 bits per heavy atom. The maximum absolute atomic E-state index is 13.0. The van der Waals surface area contributed by atoms with Crippen LogP contribution in [0.4, 0.5) is 13.2 Å². The van der Waals surface area contributed by atoms with Crippen LogP contribution in [0, 0.1) is 0 Å².